The summed E-state index contributed by atoms with van der Waals surface area (Å²) in [6.07, 6.45) is 4.25. The second kappa shape index (κ2) is 7.47. The van der Waals surface area contributed by atoms with Gasteiger partial charge in [0.1, 0.15) is 0 Å². The Kier molecular flexibility index (Phi) is 6.59. The molecule has 1 unspecified atom stereocenters. The molecule has 0 aromatic carbocycles. The summed E-state index contributed by atoms with van der Waals surface area (Å²) in [5.74, 6) is 1.10. The Hall–Kier alpha value is -0.300. The lowest BCUT2D eigenvalue weighted by Gasteiger charge is -2.25. The number of aromatic nitrogens is 1. The molecular formula is C12H19ClN2O2S2. The molecule has 0 saturated heterocycles. The standard InChI is InChI=1S/C12H19ClN2O2S2/c1-4-11(9-18-3)15(2)19(16,17)12-6-5-10(7-13)8-14-12/h5-6,8,11H,4,7,9H2,1-3H3. The van der Waals surface area contributed by atoms with E-state index in [0.29, 0.717) is 5.88 Å². The van der Waals surface area contributed by atoms with Crippen molar-refractivity contribution in [1.29, 1.82) is 0 Å². The van der Waals surface area contributed by atoms with Gasteiger partial charge in [0.25, 0.3) is 10.0 Å². The van der Waals surface area contributed by atoms with E-state index in [-0.39, 0.29) is 11.1 Å². The summed E-state index contributed by atoms with van der Waals surface area (Å²) >= 11 is 7.30. The Balaban J connectivity index is 3.00. The van der Waals surface area contributed by atoms with Crippen molar-refractivity contribution >= 4 is 33.4 Å². The van der Waals surface area contributed by atoms with E-state index in [4.69, 9.17) is 11.6 Å². The number of rotatable bonds is 7. The highest BCUT2D eigenvalue weighted by molar-refractivity contribution is 7.98. The summed E-state index contributed by atoms with van der Waals surface area (Å²) < 4.78 is 26.3. The monoisotopic (exact) mass is 322 g/mol. The first-order valence-corrected chi connectivity index (χ1v) is 9.32. The van der Waals surface area contributed by atoms with Crippen molar-refractivity contribution in [1.82, 2.24) is 9.29 Å². The van der Waals surface area contributed by atoms with Gasteiger partial charge in [-0.1, -0.05) is 13.0 Å². The van der Waals surface area contributed by atoms with E-state index in [9.17, 15) is 8.42 Å². The topological polar surface area (TPSA) is 50.3 Å². The van der Waals surface area contributed by atoms with E-state index in [1.165, 1.54) is 16.6 Å². The Morgan fingerprint density at radius 3 is 2.58 bits per heavy atom. The number of pyridine rings is 1. The van der Waals surface area contributed by atoms with E-state index in [1.807, 2.05) is 13.2 Å². The van der Waals surface area contributed by atoms with Gasteiger partial charge in [-0.2, -0.15) is 16.1 Å². The van der Waals surface area contributed by atoms with Crippen LogP contribution in [-0.2, 0) is 15.9 Å². The van der Waals surface area contributed by atoms with Crippen LogP contribution in [0.15, 0.2) is 23.4 Å². The van der Waals surface area contributed by atoms with Crippen LogP contribution in [0.4, 0.5) is 0 Å². The molecule has 0 bridgehead atoms. The fraction of sp³-hybridized carbons (Fsp3) is 0.583. The van der Waals surface area contributed by atoms with Crippen LogP contribution >= 0.6 is 23.4 Å². The smallest absolute Gasteiger partial charge is 0.243 e. The third-order valence-corrected chi connectivity index (χ3v) is 5.79. The highest BCUT2D eigenvalue weighted by atomic mass is 35.5. The lowest BCUT2D eigenvalue weighted by molar-refractivity contribution is 0.384. The van der Waals surface area contributed by atoms with Crippen LogP contribution < -0.4 is 0 Å². The second-order valence-corrected chi connectivity index (χ2v) is 7.30. The summed E-state index contributed by atoms with van der Waals surface area (Å²) in [5, 5.41) is 0.0726. The van der Waals surface area contributed by atoms with Crippen LogP contribution in [0.2, 0.25) is 0 Å². The van der Waals surface area contributed by atoms with Gasteiger partial charge in [0.05, 0.1) is 0 Å². The van der Waals surface area contributed by atoms with E-state index < -0.39 is 10.0 Å². The number of thioether (sulfide) groups is 1. The van der Waals surface area contributed by atoms with Gasteiger partial charge in [0.15, 0.2) is 5.03 Å². The van der Waals surface area contributed by atoms with Crippen LogP contribution in [0.1, 0.15) is 18.9 Å². The largest absolute Gasteiger partial charge is 0.260 e. The fourth-order valence-electron chi connectivity index (χ4n) is 1.66. The van der Waals surface area contributed by atoms with Gasteiger partial charge in [-0.15, -0.1) is 11.6 Å². The zero-order valence-corrected chi connectivity index (χ0v) is 13.7. The minimum Gasteiger partial charge on any atom is -0.243 e. The molecule has 0 N–H and O–H groups in total. The first kappa shape index (κ1) is 16.8. The number of halogens is 1. The maximum atomic E-state index is 12.4. The maximum absolute atomic E-state index is 12.4. The van der Waals surface area contributed by atoms with Crippen molar-refractivity contribution in [3.05, 3.63) is 23.9 Å². The van der Waals surface area contributed by atoms with Crippen molar-refractivity contribution in [3.63, 3.8) is 0 Å². The summed E-state index contributed by atoms with van der Waals surface area (Å²) in [6.45, 7) is 1.98. The van der Waals surface area contributed by atoms with Crippen molar-refractivity contribution in [3.8, 4) is 0 Å². The second-order valence-electron chi connectivity index (χ2n) is 4.18. The predicted molar refractivity (Wildman–Crippen MR) is 81.2 cm³/mol. The van der Waals surface area contributed by atoms with Gasteiger partial charge in [0, 0.05) is 30.9 Å². The average molecular weight is 323 g/mol. The highest BCUT2D eigenvalue weighted by Gasteiger charge is 2.27. The molecule has 4 nitrogen and oxygen atoms in total. The maximum Gasteiger partial charge on any atom is 0.260 e. The zero-order valence-electron chi connectivity index (χ0n) is 11.3. The molecule has 1 aromatic heterocycles. The molecule has 1 heterocycles. The molecule has 0 aliphatic carbocycles. The first-order valence-electron chi connectivity index (χ1n) is 5.95. The third-order valence-electron chi connectivity index (χ3n) is 2.94. The molecule has 19 heavy (non-hydrogen) atoms. The number of nitrogens with zero attached hydrogens (tertiary/aromatic N) is 2. The Bertz CT molecular complexity index is 491. The minimum absolute atomic E-state index is 0.0190. The van der Waals surface area contributed by atoms with Crippen LogP contribution in [-0.4, -0.2) is 42.8 Å². The van der Waals surface area contributed by atoms with Gasteiger partial charge in [0.2, 0.25) is 0 Å². The van der Waals surface area contributed by atoms with Crippen LogP contribution in [0, 0.1) is 0 Å². The lowest BCUT2D eigenvalue weighted by Crippen LogP contribution is -2.38. The van der Waals surface area contributed by atoms with E-state index in [2.05, 4.69) is 4.98 Å². The Morgan fingerprint density at radius 1 is 1.47 bits per heavy atom. The minimum atomic E-state index is -3.53. The molecular weight excluding hydrogens is 304 g/mol. The van der Waals surface area contributed by atoms with Gasteiger partial charge >= 0.3 is 0 Å². The SMILES string of the molecule is CCC(CSC)N(C)S(=O)(=O)c1ccc(CCl)cn1. The first-order chi connectivity index (χ1) is 8.97. The van der Waals surface area contributed by atoms with Crippen LogP contribution in [0.25, 0.3) is 0 Å². The molecule has 108 valence electrons. The average Bonchev–Trinajstić information content (AvgIpc) is 2.44. The fourth-order valence-corrected chi connectivity index (χ4v) is 4.09. The molecule has 0 radical (unpaired) electrons. The summed E-state index contributed by atoms with van der Waals surface area (Å²) in [5.41, 5.74) is 0.805. The molecule has 7 heteroatoms. The van der Waals surface area contributed by atoms with Gasteiger partial charge in [-0.3, -0.25) is 0 Å². The van der Waals surface area contributed by atoms with Gasteiger partial charge < -0.3 is 0 Å². The quantitative estimate of drug-likeness (QED) is 0.724. The van der Waals surface area contributed by atoms with Gasteiger partial charge in [-0.25, -0.2) is 13.4 Å². The number of hydrogen-bond acceptors (Lipinski definition) is 4. The molecule has 0 aliphatic rings. The zero-order chi connectivity index (χ0) is 14.5. The Labute approximate surface area is 124 Å². The molecule has 0 fully saturated rings. The molecule has 0 amide bonds. The summed E-state index contributed by atoms with van der Waals surface area (Å²) in [4.78, 5) is 4.00. The van der Waals surface area contributed by atoms with E-state index >= 15 is 0 Å². The number of hydrogen-bond donors (Lipinski definition) is 0. The van der Waals surface area contributed by atoms with Crippen molar-refractivity contribution in [2.75, 3.05) is 19.1 Å². The molecule has 0 saturated carbocycles. The van der Waals surface area contributed by atoms with Crippen molar-refractivity contribution in [2.24, 2.45) is 0 Å². The van der Waals surface area contributed by atoms with Crippen LogP contribution in [0.3, 0.4) is 0 Å². The number of sulfonamides is 1. The lowest BCUT2D eigenvalue weighted by atomic mass is 10.3. The van der Waals surface area contributed by atoms with E-state index in [0.717, 1.165) is 17.7 Å². The molecule has 0 spiro atoms. The predicted octanol–water partition coefficient (Wildman–Crippen LogP) is 2.58. The van der Waals surface area contributed by atoms with Crippen LogP contribution in [0.5, 0.6) is 0 Å². The highest BCUT2D eigenvalue weighted by Crippen LogP contribution is 2.18. The summed E-state index contributed by atoms with van der Waals surface area (Å²) in [7, 11) is -1.92. The molecule has 1 atom stereocenters. The molecule has 1 aromatic rings. The number of alkyl halides is 1. The van der Waals surface area contributed by atoms with Crippen molar-refractivity contribution < 1.29 is 8.42 Å². The van der Waals surface area contributed by atoms with E-state index in [1.54, 1.807) is 24.9 Å². The summed E-state index contributed by atoms with van der Waals surface area (Å²) in [6, 6.07) is 3.18. The molecule has 0 aliphatic heterocycles. The third kappa shape index (κ3) is 4.08. The van der Waals surface area contributed by atoms with Crippen molar-refractivity contribution in [2.45, 2.75) is 30.3 Å². The molecule has 1 rings (SSSR count). The normalized spacial score (nSPS) is 13.7. The Morgan fingerprint density at radius 2 is 2.16 bits per heavy atom. The van der Waals surface area contributed by atoms with Gasteiger partial charge in [-0.05, 0) is 24.3 Å².